The van der Waals surface area contributed by atoms with Crippen LogP contribution < -0.4 is 14.8 Å². The molecule has 0 saturated heterocycles. The summed E-state index contributed by atoms with van der Waals surface area (Å²) in [5.74, 6) is 0.293. The van der Waals surface area contributed by atoms with Gasteiger partial charge in [0, 0.05) is 13.1 Å². The van der Waals surface area contributed by atoms with Crippen LogP contribution in [0.3, 0.4) is 0 Å². The quantitative estimate of drug-likeness (QED) is 0.501. The number of hydrogen-bond acceptors (Lipinski definition) is 5. The summed E-state index contributed by atoms with van der Waals surface area (Å²) >= 11 is 0. The van der Waals surface area contributed by atoms with E-state index in [2.05, 4.69) is 11.4 Å². The number of ether oxygens (including phenoxy) is 2. The molecule has 1 N–H and O–H groups in total. The van der Waals surface area contributed by atoms with Gasteiger partial charge in [-0.3, -0.25) is 4.79 Å². The van der Waals surface area contributed by atoms with Crippen molar-refractivity contribution >= 4 is 15.9 Å². The number of methoxy groups -OCH3 is 2. The van der Waals surface area contributed by atoms with E-state index in [0.29, 0.717) is 11.5 Å². The lowest BCUT2D eigenvalue weighted by Gasteiger charge is -2.24. The fourth-order valence-electron chi connectivity index (χ4n) is 3.79. The van der Waals surface area contributed by atoms with Gasteiger partial charge in [0.25, 0.3) is 0 Å². The van der Waals surface area contributed by atoms with Gasteiger partial charge in [-0.05, 0) is 42.7 Å². The van der Waals surface area contributed by atoms with Gasteiger partial charge in [-0.15, -0.1) is 0 Å². The number of aryl methyl sites for hydroxylation is 2. The zero-order chi connectivity index (χ0) is 24.9. The second kappa shape index (κ2) is 10.7. The summed E-state index contributed by atoms with van der Waals surface area (Å²) in [6, 6.07) is 19.6. The van der Waals surface area contributed by atoms with E-state index in [1.165, 1.54) is 39.5 Å². The number of hydrogen-bond donors (Lipinski definition) is 1. The van der Waals surface area contributed by atoms with Crippen molar-refractivity contribution in [2.75, 3.05) is 27.8 Å². The van der Waals surface area contributed by atoms with Crippen LogP contribution in [-0.2, 0) is 14.8 Å². The monoisotopic (exact) mass is 482 g/mol. The maximum atomic E-state index is 13.1. The van der Waals surface area contributed by atoms with Gasteiger partial charge in [0.15, 0.2) is 11.5 Å². The Morgan fingerprint density at radius 3 is 2.24 bits per heavy atom. The smallest absolute Gasteiger partial charge is 0.243 e. The highest BCUT2D eigenvalue weighted by atomic mass is 32.2. The van der Waals surface area contributed by atoms with E-state index < -0.39 is 22.0 Å². The van der Waals surface area contributed by atoms with Crippen LogP contribution in [0.5, 0.6) is 11.5 Å². The highest BCUT2D eigenvalue weighted by Crippen LogP contribution is 2.30. The molecule has 34 heavy (non-hydrogen) atoms. The largest absolute Gasteiger partial charge is 0.493 e. The lowest BCUT2D eigenvalue weighted by atomic mass is 9.94. The Labute approximate surface area is 201 Å². The van der Waals surface area contributed by atoms with Gasteiger partial charge in [-0.25, -0.2) is 8.42 Å². The van der Waals surface area contributed by atoms with Crippen molar-refractivity contribution < 1.29 is 22.7 Å². The lowest BCUT2D eigenvalue weighted by Crippen LogP contribution is -2.40. The van der Waals surface area contributed by atoms with E-state index in [4.69, 9.17) is 9.47 Å². The number of nitrogens with zero attached hydrogens (tertiary/aromatic N) is 1. The van der Waals surface area contributed by atoms with E-state index in [1.54, 1.807) is 0 Å². The summed E-state index contributed by atoms with van der Waals surface area (Å²) in [7, 11) is 0.348. The van der Waals surface area contributed by atoms with Crippen LogP contribution in [-0.4, -0.2) is 46.4 Å². The van der Waals surface area contributed by atoms with E-state index in [1.807, 2.05) is 56.3 Å². The second-order valence-electron chi connectivity index (χ2n) is 8.05. The fourth-order valence-corrected chi connectivity index (χ4v) is 4.93. The lowest BCUT2D eigenvalue weighted by molar-refractivity contribution is -0.121. The topological polar surface area (TPSA) is 84.9 Å². The number of likely N-dealkylation sites (N-methyl/N-ethyl adjacent to an activating group) is 1. The van der Waals surface area contributed by atoms with Gasteiger partial charge in [0.1, 0.15) is 0 Å². The highest BCUT2D eigenvalue weighted by molar-refractivity contribution is 7.89. The average Bonchev–Trinajstić information content (AvgIpc) is 2.82. The van der Waals surface area contributed by atoms with Crippen molar-refractivity contribution in [1.82, 2.24) is 9.62 Å². The molecule has 3 rings (SSSR count). The minimum atomic E-state index is -3.93. The standard InChI is InChI=1S/C26H30N2O5S/c1-18-11-13-22(19(2)15-18)26(20-9-7-6-8-10-20)27-25(29)17-28(3)34(30,31)21-12-14-23(32-4)24(16-21)33-5/h6-16,26H,17H2,1-5H3,(H,27,29)/t26-/m0/s1. The SMILES string of the molecule is COc1ccc(S(=O)(=O)N(C)CC(=O)N[C@@H](c2ccccc2)c2ccc(C)cc2C)cc1OC. The summed E-state index contributed by atoms with van der Waals surface area (Å²) < 4.78 is 37.6. The molecule has 0 aliphatic rings. The number of carbonyl (C=O) groups excluding carboxylic acids is 1. The Bertz CT molecular complexity index is 1260. The maximum Gasteiger partial charge on any atom is 0.243 e. The molecule has 0 spiro atoms. The van der Waals surface area contributed by atoms with Gasteiger partial charge in [0.05, 0.1) is 31.7 Å². The predicted octanol–water partition coefficient (Wildman–Crippen LogP) is 3.85. The minimum Gasteiger partial charge on any atom is -0.493 e. The number of carbonyl (C=O) groups is 1. The molecule has 0 fully saturated rings. The Morgan fingerprint density at radius 2 is 1.62 bits per heavy atom. The van der Waals surface area contributed by atoms with E-state index in [-0.39, 0.29) is 11.4 Å². The Kier molecular flexibility index (Phi) is 7.96. The van der Waals surface area contributed by atoms with Crippen LogP contribution in [0.25, 0.3) is 0 Å². The first kappa shape index (κ1) is 25.3. The van der Waals surface area contributed by atoms with Gasteiger partial charge < -0.3 is 14.8 Å². The molecule has 0 radical (unpaired) electrons. The molecule has 3 aromatic carbocycles. The first-order chi connectivity index (χ1) is 16.2. The Hall–Kier alpha value is -3.36. The van der Waals surface area contributed by atoms with Gasteiger partial charge in [-0.2, -0.15) is 4.31 Å². The molecule has 7 nitrogen and oxygen atoms in total. The van der Waals surface area contributed by atoms with Crippen LogP contribution in [0.2, 0.25) is 0 Å². The molecule has 0 aliphatic heterocycles. The third-order valence-electron chi connectivity index (χ3n) is 5.60. The molecule has 0 saturated carbocycles. The molecule has 0 heterocycles. The molecule has 0 aliphatic carbocycles. The van der Waals surface area contributed by atoms with Crippen LogP contribution in [0.4, 0.5) is 0 Å². The van der Waals surface area contributed by atoms with Crippen LogP contribution in [0, 0.1) is 13.8 Å². The van der Waals surface area contributed by atoms with Crippen LogP contribution in [0.1, 0.15) is 28.3 Å². The van der Waals surface area contributed by atoms with E-state index in [9.17, 15) is 13.2 Å². The summed E-state index contributed by atoms with van der Waals surface area (Å²) in [4.78, 5) is 13.0. The number of nitrogens with one attached hydrogen (secondary N) is 1. The molecule has 3 aromatic rings. The number of rotatable bonds is 9. The van der Waals surface area contributed by atoms with Crippen LogP contribution >= 0.6 is 0 Å². The summed E-state index contributed by atoms with van der Waals surface area (Å²) in [5.41, 5.74) is 4.03. The molecule has 180 valence electrons. The normalized spacial score (nSPS) is 12.3. The van der Waals surface area contributed by atoms with Crippen molar-refractivity contribution in [3.63, 3.8) is 0 Å². The van der Waals surface area contributed by atoms with Crippen molar-refractivity contribution in [2.24, 2.45) is 0 Å². The van der Waals surface area contributed by atoms with E-state index in [0.717, 1.165) is 26.6 Å². The third-order valence-corrected chi connectivity index (χ3v) is 7.40. The fraction of sp³-hybridized carbons (Fsp3) is 0.269. The minimum absolute atomic E-state index is 0.00874. The third kappa shape index (κ3) is 5.58. The number of benzene rings is 3. The first-order valence-electron chi connectivity index (χ1n) is 10.8. The summed E-state index contributed by atoms with van der Waals surface area (Å²) in [6.07, 6.45) is 0. The zero-order valence-corrected chi connectivity index (χ0v) is 20.8. The first-order valence-corrected chi connectivity index (χ1v) is 12.2. The zero-order valence-electron chi connectivity index (χ0n) is 20.0. The molecule has 1 atom stereocenters. The van der Waals surface area contributed by atoms with Crippen molar-refractivity contribution in [2.45, 2.75) is 24.8 Å². The maximum absolute atomic E-state index is 13.1. The predicted molar refractivity (Wildman–Crippen MR) is 132 cm³/mol. The molecule has 1 amide bonds. The van der Waals surface area contributed by atoms with Crippen molar-refractivity contribution in [3.05, 3.63) is 89.0 Å². The molecular weight excluding hydrogens is 452 g/mol. The average molecular weight is 483 g/mol. The van der Waals surface area contributed by atoms with Crippen molar-refractivity contribution in [3.8, 4) is 11.5 Å². The number of amides is 1. The second-order valence-corrected chi connectivity index (χ2v) is 10.1. The Morgan fingerprint density at radius 1 is 0.941 bits per heavy atom. The molecular formula is C26H30N2O5S. The highest BCUT2D eigenvalue weighted by Gasteiger charge is 2.26. The van der Waals surface area contributed by atoms with E-state index >= 15 is 0 Å². The summed E-state index contributed by atoms with van der Waals surface area (Å²) in [5, 5.41) is 3.02. The molecule has 0 bridgehead atoms. The van der Waals surface area contributed by atoms with Gasteiger partial charge in [0.2, 0.25) is 15.9 Å². The Balaban J connectivity index is 1.84. The van der Waals surface area contributed by atoms with Gasteiger partial charge >= 0.3 is 0 Å². The molecule has 8 heteroatoms. The van der Waals surface area contributed by atoms with Crippen LogP contribution in [0.15, 0.2) is 71.6 Å². The summed E-state index contributed by atoms with van der Waals surface area (Å²) in [6.45, 7) is 3.67. The van der Waals surface area contributed by atoms with Gasteiger partial charge in [-0.1, -0.05) is 54.1 Å². The van der Waals surface area contributed by atoms with Crippen molar-refractivity contribution in [1.29, 1.82) is 0 Å². The number of sulfonamides is 1. The molecule has 0 unspecified atom stereocenters. The molecule has 0 aromatic heterocycles.